The number of nitrogens with one attached hydrogen (secondary N) is 1. The van der Waals surface area contributed by atoms with Gasteiger partial charge in [0.2, 0.25) is 6.29 Å². The fourth-order valence-corrected chi connectivity index (χ4v) is 6.24. The number of benzene rings is 1. The number of esters is 4. The SMILES string of the molecule is COC(=O)[C@@]1(OC2C(C)C(COC(=O)c3ccccc3)O[C@@H](OC(C)=N)C2C)CC(C)[C@H](C)[C@H]([C@H](C)[C@@H](COC(C)=O)OC(C)=O)O1. The molecular weight excluding hydrogens is 614 g/mol. The van der Waals surface area contributed by atoms with Crippen LogP contribution in [0.15, 0.2) is 30.3 Å². The minimum Gasteiger partial charge on any atom is -0.465 e. The number of methoxy groups -OCH3 is 1. The van der Waals surface area contributed by atoms with Gasteiger partial charge < -0.3 is 37.9 Å². The van der Waals surface area contributed by atoms with Crippen LogP contribution in [0.5, 0.6) is 0 Å². The van der Waals surface area contributed by atoms with Gasteiger partial charge in [0.25, 0.3) is 5.79 Å². The molecule has 262 valence electrons. The lowest BCUT2D eigenvalue weighted by atomic mass is 9.76. The highest BCUT2D eigenvalue weighted by atomic mass is 16.7. The predicted molar refractivity (Wildman–Crippen MR) is 167 cm³/mol. The van der Waals surface area contributed by atoms with Crippen LogP contribution in [0.3, 0.4) is 0 Å². The summed E-state index contributed by atoms with van der Waals surface area (Å²) in [7, 11) is 1.24. The van der Waals surface area contributed by atoms with Gasteiger partial charge in [-0.1, -0.05) is 52.8 Å². The Kier molecular flexibility index (Phi) is 13.3. The molecule has 11 atom stereocenters. The molecule has 2 aliphatic rings. The summed E-state index contributed by atoms with van der Waals surface area (Å²) in [5.74, 6) is -6.11. The first-order valence-corrected chi connectivity index (χ1v) is 15.9. The third-order valence-corrected chi connectivity index (χ3v) is 9.07. The summed E-state index contributed by atoms with van der Waals surface area (Å²) in [4.78, 5) is 50.0. The van der Waals surface area contributed by atoms with Crippen LogP contribution in [-0.4, -0.2) is 86.6 Å². The van der Waals surface area contributed by atoms with Gasteiger partial charge in [0.15, 0.2) is 5.90 Å². The van der Waals surface area contributed by atoms with Crippen molar-refractivity contribution < 1.29 is 57.1 Å². The second kappa shape index (κ2) is 16.5. The third-order valence-electron chi connectivity index (χ3n) is 9.07. The number of rotatable bonds is 12. The Morgan fingerprint density at radius 1 is 0.957 bits per heavy atom. The average molecular weight is 664 g/mol. The van der Waals surface area contributed by atoms with E-state index in [1.807, 2.05) is 27.7 Å². The Balaban J connectivity index is 1.94. The van der Waals surface area contributed by atoms with Crippen molar-refractivity contribution in [3.8, 4) is 0 Å². The molecule has 13 heteroatoms. The summed E-state index contributed by atoms with van der Waals surface area (Å²) < 4.78 is 46.8. The van der Waals surface area contributed by atoms with E-state index < -0.39 is 78.1 Å². The molecule has 47 heavy (non-hydrogen) atoms. The Morgan fingerprint density at radius 3 is 2.19 bits per heavy atom. The second-order valence-electron chi connectivity index (χ2n) is 12.7. The van der Waals surface area contributed by atoms with E-state index in [0.717, 1.165) is 0 Å². The molecule has 2 fully saturated rings. The van der Waals surface area contributed by atoms with Gasteiger partial charge in [-0.15, -0.1) is 0 Å². The van der Waals surface area contributed by atoms with Crippen LogP contribution in [0, 0.1) is 35.0 Å². The molecule has 1 N–H and O–H groups in total. The molecule has 2 saturated heterocycles. The monoisotopic (exact) mass is 663 g/mol. The van der Waals surface area contributed by atoms with E-state index in [9.17, 15) is 19.2 Å². The van der Waals surface area contributed by atoms with Crippen LogP contribution in [0.2, 0.25) is 0 Å². The van der Waals surface area contributed by atoms with Gasteiger partial charge >= 0.3 is 23.9 Å². The molecule has 0 bridgehead atoms. The minimum absolute atomic E-state index is 0.0904. The first-order chi connectivity index (χ1) is 22.1. The van der Waals surface area contributed by atoms with E-state index in [-0.39, 0.29) is 37.4 Å². The highest BCUT2D eigenvalue weighted by Crippen LogP contribution is 2.45. The smallest absolute Gasteiger partial charge is 0.366 e. The third kappa shape index (κ3) is 9.51. The molecule has 1 aromatic carbocycles. The van der Waals surface area contributed by atoms with Crippen molar-refractivity contribution in [3.63, 3.8) is 0 Å². The zero-order valence-corrected chi connectivity index (χ0v) is 28.7. The van der Waals surface area contributed by atoms with Gasteiger partial charge in [-0.2, -0.15) is 0 Å². The van der Waals surface area contributed by atoms with Crippen LogP contribution >= 0.6 is 0 Å². The zero-order chi connectivity index (χ0) is 35.1. The van der Waals surface area contributed by atoms with Crippen LogP contribution in [0.4, 0.5) is 0 Å². The number of carbonyl (C=O) groups excluding carboxylic acids is 4. The molecule has 0 amide bonds. The highest BCUT2D eigenvalue weighted by Gasteiger charge is 2.57. The summed E-state index contributed by atoms with van der Waals surface area (Å²) >= 11 is 0. The van der Waals surface area contributed by atoms with Crippen molar-refractivity contribution in [1.82, 2.24) is 0 Å². The summed E-state index contributed by atoms with van der Waals surface area (Å²) in [5, 5.41) is 7.95. The largest absolute Gasteiger partial charge is 0.465 e. The molecule has 0 radical (unpaired) electrons. The fraction of sp³-hybridized carbons (Fsp3) is 0.676. The molecule has 1 aromatic rings. The molecule has 13 nitrogen and oxygen atoms in total. The van der Waals surface area contributed by atoms with Crippen molar-refractivity contribution in [1.29, 1.82) is 5.41 Å². The quantitative estimate of drug-likeness (QED) is 0.146. The van der Waals surface area contributed by atoms with Crippen LogP contribution in [0.25, 0.3) is 0 Å². The summed E-state index contributed by atoms with van der Waals surface area (Å²) in [6.07, 6.45) is -3.85. The molecule has 0 aromatic heterocycles. The zero-order valence-electron chi connectivity index (χ0n) is 28.7. The van der Waals surface area contributed by atoms with E-state index in [1.54, 1.807) is 37.3 Å². The van der Waals surface area contributed by atoms with Crippen molar-refractivity contribution >= 4 is 29.8 Å². The predicted octanol–water partition coefficient (Wildman–Crippen LogP) is 4.30. The Hall–Kier alpha value is -3.55. The fourth-order valence-electron chi connectivity index (χ4n) is 6.24. The van der Waals surface area contributed by atoms with E-state index in [1.165, 1.54) is 27.9 Å². The second-order valence-corrected chi connectivity index (χ2v) is 12.7. The molecule has 5 unspecified atom stereocenters. The van der Waals surface area contributed by atoms with Gasteiger partial charge in [-0.3, -0.25) is 15.0 Å². The van der Waals surface area contributed by atoms with Crippen molar-refractivity contribution in [3.05, 3.63) is 35.9 Å². The lowest BCUT2D eigenvalue weighted by Crippen LogP contribution is -2.62. The molecule has 0 aliphatic carbocycles. The molecule has 0 saturated carbocycles. The maximum absolute atomic E-state index is 13.7. The summed E-state index contributed by atoms with van der Waals surface area (Å²) in [6.45, 7) is 13.1. The van der Waals surface area contributed by atoms with E-state index in [4.69, 9.17) is 43.3 Å². The first-order valence-electron chi connectivity index (χ1n) is 15.9. The van der Waals surface area contributed by atoms with E-state index in [0.29, 0.717) is 5.56 Å². The molecule has 0 spiro atoms. The topological polar surface area (TPSA) is 166 Å². The Morgan fingerprint density at radius 2 is 1.62 bits per heavy atom. The average Bonchev–Trinajstić information content (AvgIpc) is 3.02. The van der Waals surface area contributed by atoms with Gasteiger partial charge in [0.1, 0.15) is 25.4 Å². The maximum atomic E-state index is 13.7. The molecular formula is C34H49NO12. The van der Waals surface area contributed by atoms with E-state index in [2.05, 4.69) is 0 Å². The van der Waals surface area contributed by atoms with Gasteiger partial charge in [0, 0.05) is 44.9 Å². The molecule has 2 heterocycles. The Bertz CT molecular complexity index is 1260. The van der Waals surface area contributed by atoms with Crippen molar-refractivity contribution in [2.75, 3.05) is 20.3 Å². The number of hydrogen-bond acceptors (Lipinski definition) is 13. The van der Waals surface area contributed by atoms with Gasteiger partial charge in [0.05, 0.1) is 24.9 Å². The molecule has 2 aliphatic heterocycles. The highest BCUT2D eigenvalue weighted by molar-refractivity contribution is 5.89. The van der Waals surface area contributed by atoms with Crippen LogP contribution in [-0.2, 0) is 52.3 Å². The van der Waals surface area contributed by atoms with Gasteiger partial charge in [-0.25, -0.2) is 9.59 Å². The normalized spacial score (nSPS) is 31.9. The van der Waals surface area contributed by atoms with Crippen molar-refractivity contribution in [2.24, 2.45) is 29.6 Å². The first kappa shape index (κ1) is 37.9. The lowest BCUT2D eigenvalue weighted by molar-refractivity contribution is -0.349. The van der Waals surface area contributed by atoms with Crippen LogP contribution < -0.4 is 0 Å². The number of hydrogen-bond donors (Lipinski definition) is 1. The Labute approximate surface area is 276 Å². The lowest BCUT2D eigenvalue weighted by Gasteiger charge is -2.51. The van der Waals surface area contributed by atoms with Gasteiger partial charge in [-0.05, 0) is 24.0 Å². The number of carbonyl (C=O) groups is 4. The number of ether oxygens (including phenoxy) is 8. The minimum atomic E-state index is -1.89. The van der Waals surface area contributed by atoms with Crippen molar-refractivity contribution in [2.45, 2.75) is 98.3 Å². The maximum Gasteiger partial charge on any atom is 0.366 e. The molecule has 3 rings (SSSR count). The summed E-state index contributed by atoms with van der Waals surface area (Å²) in [6, 6.07) is 8.54. The van der Waals surface area contributed by atoms with E-state index >= 15 is 0 Å². The summed E-state index contributed by atoms with van der Waals surface area (Å²) in [5.41, 5.74) is 0.379. The van der Waals surface area contributed by atoms with Crippen LogP contribution in [0.1, 0.15) is 72.2 Å². The standard InChI is InChI=1S/C34H49NO12/c1-18-15-34(33(39)40-9,46-29(19(18)2)20(3)27(44-25(8)37)16-41-24(7)36)47-30-21(4)28(45-32(22(30)5)43-23(6)35)17-42-31(38)26-13-11-10-12-14-26/h10-14,18-22,27-30,32,35H,15-17H2,1-9H3/t18?,19-,20+,21?,22?,27+,28?,29+,30?,32+,34-/m0/s1.